The van der Waals surface area contributed by atoms with Gasteiger partial charge in [0.25, 0.3) is 0 Å². The van der Waals surface area contributed by atoms with Crippen LogP contribution in [0.2, 0.25) is 0 Å². The van der Waals surface area contributed by atoms with Crippen molar-refractivity contribution in [2.75, 3.05) is 5.88 Å². The molecular weight excluding hydrogens is 184 g/mol. The second-order valence-electron chi connectivity index (χ2n) is 2.85. The Bertz CT molecular complexity index is 305. The molecule has 0 aliphatic rings. The maximum atomic E-state index is 9.02. The summed E-state index contributed by atoms with van der Waals surface area (Å²) in [4.78, 5) is 0. The molecule has 0 fully saturated rings. The van der Waals surface area contributed by atoms with E-state index in [4.69, 9.17) is 16.7 Å². The summed E-state index contributed by atoms with van der Waals surface area (Å²) in [7, 11) is 0. The predicted molar refractivity (Wildman–Crippen MR) is 56.9 cm³/mol. The lowest BCUT2D eigenvalue weighted by atomic mass is 10.0. The molecule has 0 atom stereocenters. The Labute approximate surface area is 83.7 Å². The van der Waals surface area contributed by atoms with Gasteiger partial charge in [-0.3, -0.25) is 0 Å². The topological polar surface area (TPSA) is 20.2 Å². The molecule has 0 bridgehead atoms. The molecule has 0 radical (unpaired) electrons. The molecule has 0 spiro atoms. The Kier molecular flexibility index (Phi) is 4.00. The molecule has 1 aromatic carbocycles. The van der Waals surface area contributed by atoms with Gasteiger partial charge in [0, 0.05) is 5.88 Å². The van der Waals surface area contributed by atoms with Crippen molar-refractivity contribution in [3.8, 4) is 0 Å². The third kappa shape index (κ3) is 2.58. The third-order valence-corrected chi connectivity index (χ3v) is 2.22. The standard InChI is InChI=1S/C11H13ClO/c1-9-10(6-3-7-12)4-2-5-11(9)8-13/h2-6,13H,7-8H2,1H3. The maximum absolute atomic E-state index is 9.02. The fourth-order valence-electron chi connectivity index (χ4n) is 1.23. The summed E-state index contributed by atoms with van der Waals surface area (Å²) in [6, 6.07) is 5.87. The first-order valence-electron chi connectivity index (χ1n) is 4.21. The summed E-state index contributed by atoms with van der Waals surface area (Å²) in [5.74, 6) is 0.517. The van der Waals surface area contributed by atoms with Crippen LogP contribution in [0.5, 0.6) is 0 Å². The van der Waals surface area contributed by atoms with Crippen LogP contribution >= 0.6 is 11.6 Å². The van der Waals surface area contributed by atoms with Crippen molar-refractivity contribution in [1.82, 2.24) is 0 Å². The summed E-state index contributed by atoms with van der Waals surface area (Å²) in [6.45, 7) is 2.09. The molecule has 13 heavy (non-hydrogen) atoms. The molecule has 0 amide bonds. The third-order valence-electron chi connectivity index (χ3n) is 2.04. The second kappa shape index (κ2) is 5.05. The van der Waals surface area contributed by atoms with Gasteiger partial charge < -0.3 is 5.11 Å². The lowest BCUT2D eigenvalue weighted by Crippen LogP contribution is -1.90. The zero-order valence-corrected chi connectivity index (χ0v) is 8.38. The van der Waals surface area contributed by atoms with Crippen molar-refractivity contribution in [2.45, 2.75) is 13.5 Å². The van der Waals surface area contributed by atoms with E-state index in [9.17, 15) is 0 Å². The highest BCUT2D eigenvalue weighted by molar-refractivity contribution is 6.19. The number of aliphatic hydroxyl groups excluding tert-OH is 1. The minimum atomic E-state index is 0.0917. The van der Waals surface area contributed by atoms with Gasteiger partial charge in [0.15, 0.2) is 0 Å². The first-order valence-corrected chi connectivity index (χ1v) is 4.75. The van der Waals surface area contributed by atoms with Crippen molar-refractivity contribution < 1.29 is 5.11 Å². The van der Waals surface area contributed by atoms with Crippen LogP contribution in [0, 0.1) is 6.92 Å². The van der Waals surface area contributed by atoms with Crippen molar-refractivity contribution in [3.63, 3.8) is 0 Å². The highest BCUT2D eigenvalue weighted by Crippen LogP contribution is 2.15. The molecule has 0 heterocycles. The van der Waals surface area contributed by atoms with Crippen LogP contribution in [0.15, 0.2) is 24.3 Å². The molecule has 0 unspecified atom stereocenters. The van der Waals surface area contributed by atoms with E-state index in [0.717, 1.165) is 16.7 Å². The van der Waals surface area contributed by atoms with Crippen LogP contribution in [0.1, 0.15) is 16.7 Å². The van der Waals surface area contributed by atoms with E-state index in [0.29, 0.717) is 5.88 Å². The molecule has 70 valence electrons. The van der Waals surface area contributed by atoms with Crippen molar-refractivity contribution in [3.05, 3.63) is 41.0 Å². The normalized spacial score (nSPS) is 11.0. The number of halogens is 1. The number of rotatable bonds is 3. The summed E-state index contributed by atoms with van der Waals surface area (Å²) >= 11 is 5.54. The van der Waals surface area contributed by atoms with Crippen LogP contribution in [-0.4, -0.2) is 11.0 Å². The average Bonchev–Trinajstić information content (AvgIpc) is 2.16. The van der Waals surface area contributed by atoms with Crippen LogP contribution in [-0.2, 0) is 6.61 Å². The zero-order chi connectivity index (χ0) is 9.68. The summed E-state index contributed by atoms with van der Waals surface area (Å²) in [5, 5.41) is 9.02. The average molecular weight is 197 g/mol. The smallest absolute Gasteiger partial charge is 0.0684 e. The Hall–Kier alpha value is -0.790. The van der Waals surface area contributed by atoms with Gasteiger partial charge in [-0.2, -0.15) is 0 Å². The van der Waals surface area contributed by atoms with Crippen LogP contribution in [0.4, 0.5) is 0 Å². The first kappa shape index (κ1) is 10.3. The van der Waals surface area contributed by atoms with Crippen molar-refractivity contribution >= 4 is 17.7 Å². The van der Waals surface area contributed by atoms with Gasteiger partial charge in [0.05, 0.1) is 6.61 Å². The zero-order valence-electron chi connectivity index (χ0n) is 7.63. The minimum Gasteiger partial charge on any atom is -0.392 e. The van der Waals surface area contributed by atoms with Gasteiger partial charge in [0.1, 0.15) is 0 Å². The predicted octanol–water partition coefficient (Wildman–Crippen LogP) is 2.74. The van der Waals surface area contributed by atoms with Crippen molar-refractivity contribution in [2.24, 2.45) is 0 Å². The Morgan fingerprint density at radius 3 is 2.85 bits per heavy atom. The van der Waals surface area contributed by atoms with E-state index in [-0.39, 0.29) is 6.61 Å². The number of alkyl halides is 1. The highest BCUT2D eigenvalue weighted by atomic mass is 35.5. The molecule has 0 aromatic heterocycles. The van der Waals surface area contributed by atoms with E-state index < -0.39 is 0 Å². The Morgan fingerprint density at radius 2 is 2.23 bits per heavy atom. The fraction of sp³-hybridized carbons (Fsp3) is 0.273. The first-order chi connectivity index (χ1) is 6.29. The van der Waals surface area contributed by atoms with Gasteiger partial charge in [0.2, 0.25) is 0 Å². The van der Waals surface area contributed by atoms with Crippen LogP contribution in [0.3, 0.4) is 0 Å². The summed E-state index contributed by atoms with van der Waals surface area (Å²) < 4.78 is 0. The maximum Gasteiger partial charge on any atom is 0.0684 e. The van der Waals surface area contributed by atoms with E-state index in [1.165, 1.54) is 0 Å². The quantitative estimate of drug-likeness (QED) is 0.738. The fourth-order valence-corrected chi connectivity index (χ4v) is 1.32. The molecule has 0 aliphatic carbocycles. The molecule has 1 nitrogen and oxygen atoms in total. The number of hydrogen-bond donors (Lipinski definition) is 1. The summed E-state index contributed by atoms with van der Waals surface area (Å²) in [5.41, 5.74) is 3.20. The Balaban J connectivity index is 3.01. The number of aliphatic hydroxyl groups is 1. The largest absolute Gasteiger partial charge is 0.392 e. The number of hydrogen-bond acceptors (Lipinski definition) is 1. The molecule has 0 saturated carbocycles. The SMILES string of the molecule is Cc1c(C=CCCl)cccc1CO. The van der Waals surface area contributed by atoms with Gasteiger partial charge in [-0.15, -0.1) is 11.6 Å². The molecule has 2 heteroatoms. The Morgan fingerprint density at radius 1 is 1.46 bits per heavy atom. The lowest BCUT2D eigenvalue weighted by Gasteiger charge is -2.05. The van der Waals surface area contributed by atoms with E-state index in [1.807, 2.05) is 37.3 Å². The van der Waals surface area contributed by atoms with Gasteiger partial charge >= 0.3 is 0 Å². The number of allylic oxidation sites excluding steroid dienone is 1. The van der Waals surface area contributed by atoms with Crippen molar-refractivity contribution in [1.29, 1.82) is 0 Å². The molecule has 1 N–H and O–H groups in total. The van der Waals surface area contributed by atoms with Gasteiger partial charge in [-0.1, -0.05) is 30.4 Å². The van der Waals surface area contributed by atoms with E-state index in [2.05, 4.69) is 0 Å². The van der Waals surface area contributed by atoms with E-state index in [1.54, 1.807) is 0 Å². The molecule has 1 aromatic rings. The van der Waals surface area contributed by atoms with Gasteiger partial charge in [-0.25, -0.2) is 0 Å². The molecule has 1 rings (SSSR count). The summed E-state index contributed by atoms with van der Waals surface area (Å²) in [6.07, 6.45) is 3.87. The molecule has 0 aliphatic heterocycles. The highest BCUT2D eigenvalue weighted by Gasteiger charge is 1.98. The molecule has 0 saturated heterocycles. The van der Waals surface area contributed by atoms with Crippen LogP contribution in [0.25, 0.3) is 6.08 Å². The number of benzene rings is 1. The lowest BCUT2D eigenvalue weighted by molar-refractivity contribution is 0.281. The second-order valence-corrected chi connectivity index (χ2v) is 3.15. The van der Waals surface area contributed by atoms with Gasteiger partial charge in [-0.05, 0) is 23.6 Å². The van der Waals surface area contributed by atoms with Crippen LogP contribution < -0.4 is 0 Å². The minimum absolute atomic E-state index is 0.0917. The monoisotopic (exact) mass is 196 g/mol. The molecular formula is C11H13ClO. The van der Waals surface area contributed by atoms with E-state index >= 15 is 0 Å².